The summed E-state index contributed by atoms with van der Waals surface area (Å²) in [7, 11) is 3.38. The molecule has 0 bridgehead atoms. The van der Waals surface area contributed by atoms with Gasteiger partial charge >= 0.3 is 0 Å². The van der Waals surface area contributed by atoms with E-state index < -0.39 is 0 Å². The lowest BCUT2D eigenvalue weighted by molar-refractivity contribution is 0.414. The number of piperazine rings is 1. The largest absolute Gasteiger partial charge is 0.497 e. The van der Waals surface area contributed by atoms with Gasteiger partial charge in [0, 0.05) is 48.9 Å². The molecule has 7 nitrogen and oxygen atoms in total. The first-order chi connectivity index (χ1) is 14.7. The summed E-state index contributed by atoms with van der Waals surface area (Å²) in [5.74, 6) is 2.66. The second-order valence-electron chi connectivity index (χ2n) is 7.65. The quantitative estimate of drug-likeness (QED) is 0.558. The molecule has 30 heavy (non-hydrogen) atoms. The van der Waals surface area contributed by atoms with E-state index >= 15 is 0 Å². The van der Waals surface area contributed by atoms with Crippen molar-refractivity contribution in [2.75, 3.05) is 43.7 Å². The number of aromatic nitrogens is 3. The molecule has 7 heteroatoms. The fourth-order valence-corrected chi connectivity index (χ4v) is 4.35. The van der Waals surface area contributed by atoms with Crippen LogP contribution in [0.1, 0.15) is 6.92 Å². The number of hydrogen-bond acceptors (Lipinski definition) is 6. The van der Waals surface area contributed by atoms with E-state index in [4.69, 9.17) is 9.47 Å². The molecule has 0 radical (unpaired) electrons. The number of nitrogens with zero attached hydrogens (tertiary/aromatic N) is 4. The Hall–Kier alpha value is -3.48. The number of anilines is 2. The molecule has 0 saturated carbocycles. The van der Waals surface area contributed by atoms with Crippen molar-refractivity contribution in [1.82, 2.24) is 15.0 Å². The number of H-pyrrole nitrogens is 1. The van der Waals surface area contributed by atoms with Gasteiger partial charge in [-0.05, 0) is 31.2 Å². The summed E-state index contributed by atoms with van der Waals surface area (Å²) < 4.78 is 10.8. The van der Waals surface area contributed by atoms with Crippen LogP contribution >= 0.6 is 0 Å². The maximum absolute atomic E-state index is 5.40. The van der Waals surface area contributed by atoms with Gasteiger partial charge in [-0.2, -0.15) is 0 Å². The normalized spacial score (nSPS) is 17.0. The van der Waals surface area contributed by atoms with Gasteiger partial charge in [0.2, 0.25) is 0 Å². The molecule has 1 atom stereocenters. The van der Waals surface area contributed by atoms with Gasteiger partial charge in [-0.15, -0.1) is 0 Å². The number of benzene rings is 2. The zero-order valence-electron chi connectivity index (χ0n) is 17.4. The van der Waals surface area contributed by atoms with Crippen LogP contribution in [0, 0.1) is 0 Å². The molecule has 1 aliphatic heterocycles. The van der Waals surface area contributed by atoms with Crippen LogP contribution in [0.15, 0.2) is 48.8 Å². The highest BCUT2D eigenvalue weighted by Gasteiger charge is 2.27. The molecule has 0 amide bonds. The minimum atomic E-state index is 0.334. The van der Waals surface area contributed by atoms with Gasteiger partial charge < -0.3 is 24.3 Å². The van der Waals surface area contributed by atoms with E-state index in [1.54, 1.807) is 20.5 Å². The molecule has 4 aromatic rings. The Labute approximate surface area is 175 Å². The van der Waals surface area contributed by atoms with Gasteiger partial charge in [-0.25, -0.2) is 9.97 Å². The van der Waals surface area contributed by atoms with Gasteiger partial charge in [0.05, 0.1) is 19.7 Å². The molecule has 3 heterocycles. The summed E-state index contributed by atoms with van der Waals surface area (Å²) >= 11 is 0. The van der Waals surface area contributed by atoms with Gasteiger partial charge in [-0.1, -0.05) is 6.07 Å². The van der Waals surface area contributed by atoms with E-state index in [0.717, 1.165) is 58.9 Å². The second kappa shape index (κ2) is 7.40. The molecule has 2 aromatic heterocycles. The summed E-state index contributed by atoms with van der Waals surface area (Å²) in [5.41, 5.74) is 4.12. The molecule has 0 aliphatic carbocycles. The van der Waals surface area contributed by atoms with Crippen LogP contribution in [0.4, 0.5) is 11.5 Å². The van der Waals surface area contributed by atoms with E-state index in [1.165, 1.54) is 5.69 Å². The number of ether oxygens (including phenoxy) is 2. The van der Waals surface area contributed by atoms with Crippen molar-refractivity contribution in [1.29, 1.82) is 0 Å². The summed E-state index contributed by atoms with van der Waals surface area (Å²) in [4.78, 5) is 17.5. The lowest BCUT2D eigenvalue weighted by atomic mass is 10.1. The number of fused-ring (bicyclic) bond motifs is 3. The summed E-state index contributed by atoms with van der Waals surface area (Å²) in [6, 6.07) is 14.6. The van der Waals surface area contributed by atoms with Crippen molar-refractivity contribution in [3.63, 3.8) is 0 Å². The first-order valence-electron chi connectivity index (χ1n) is 10.1. The topological polar surface area (TPSA) is 66.5 Å². The minimum absolute atomic E-state index is 0.334. The van der Waals surface area contributed by atoms with Crippen molar-refractivity contribution in [2.24, 2.45) is 0 Å². The molecule has 1 N–H and O–H groups in total. The third-order valence-corrected chi connectivity index (χ3v) is 5.88. The Balaban J connectivity index is 1.46. The van der Waals surface area contributed by atoms with E-state index in [9.17, 15) is 0 Å². The van der Waals surface area contributed by atoms with Crippen molar-refractivity contribution in [3.8, 4) is 11.5 Å². The fourth-order valence-electron chi connectivity index (χ4n) is 4.35. The van der Waals surface area contributed by atoms with E-state index in [1.807, 2.05) is 30.3 Å². The Morgan fingerprint density at radius 3 is 2.63 bits per heavy atom. The zero-order valence-corrected chi connectivity index (χ0v) is 17.4. The van der Waals surface area contributed by atoms with Crippen molar-refractivity contribution in [3.05, 3.63) is 48.8 Å². The van der Waals surface area contributed by atoms with Crippen molar-refractivity contribution >= 4 is 33.4 Å². The number of hydrogen-bond donors (Lipinski definition) is 1. The van der Waals surface area contributed by atoms with Crippen LogP contribution < -0.4 is 19.3 Å². The highest BCUT2D eigenvalue weighted by molar-refractivity contribution is 6.08. The summed E-state index contributed by atoms with van der Waals surface area (Å²) in [6.07, 6.45) is 1.66. The molecule has 0 unspecified atom stereocenters. The van der Waals surface area contributed by atoms with Gasteiger partial charge in [0.15, 0.2) is 5.82 Å². The van der Waals surface area contributed by atoms with E-state index in [-0.39, 0.29) is 0 Å². The SMILES string of the molecule is COc1cccc(N2CCN(c3ncnc4c3[nH]c3cc(OC)ccc34)C[C@@H]2C)c1. The fraction of sp³-hybridized carbons (Fsp3) is 0.304. The Morgan fingerprint density at radius 1 is 1.00 bits per heavy atom. The first-order valence-corrected chi connectivity index (χ1v) is 10.1. The van der Waals surface area contributed by atoms with Gasteiger partial charge in [-0.3, -0.25) is 0 Å². The monoisotopic (exact) mass is 403 g/mol. The smallest absolute Gasteiger partial charge is 0.156 e. The van der Waals surface area contributed by atoms with Crippen molar-refractivity contribution < 1.29 is 9.47 Å². The number of rotatable bonds is 4. The average molecular weight is 403 g/mol. The number of methoxy groups -OCH3 is 2. The average Bonchev–Trinajstić information content (AvgIpc) is 3.16. The summed E-state index contributed by atoms with van der Waals surface area (Å²) in [5, 5.41) is 1.08. The minimum Gasteiger partial charge on any atom is -0.497 e. The lowest BCUT2D eigenvalue weighted by Crippen LogP contribution is -2.52. The highest BCUT2D eigenvalue weighted by Crippen LogP contribution is 2.33. The Kier molecular flexibility index (Phi) is 4.58. The Bertz CT molecular complexity index is 1200. The van der Waals surface area contributed by atoms with E-state index in [2.05, 4.69) is 43.8 Å². The standard InChI is InChI=1S/C23H25N5O2/c1-15-13-27(9-10-28(15)16-5-4-6-17(11-16)29-2)23-22-21(24-14-25-23)19-8-7-18(30-3)12-20(19)26-22/h4-8,11-12,14-15,26H,9-10,13H2,1-3H3/t15-/m0/s1. The molecule has 1 saturated heterocycles. The number of nitrogens with one attached hydrogen (secondary N) is 1. The maximum atomic E-state index is 5.40. The molecular weight excluding hydrogens is 378 g/mol. The third-order valence-electron chi connectivity index (χ3n) is 5.88. The van der Waals surface area contributed by atoms with E-state index in [0.29, 0.717) is 6.04 Å². The van der Waals surface area contributed by atoms with Crippen LogP contribution in [0.3, 0.4) is 0 Å². The molecule has 1 aliphatic rings. The van der Waals surface area contributed by atoms with Crippen LogP contribution in [0.5, 0.6) is 11.5 Å². The highest BCUT2D eigenvalue weighted by atomic mass is 16.5. The predicted molar refractivity (Wildman–Crippen MR) is 120 cm³/mol. The maximum Gasteiger partial charge on any atom is 0.156 e. The van der Waals surface area contributed by atoms with Crippen LogP contribution in [0.2, 0.25) is 0 Å². The van der Waals surface area contributed by atoms with Gasteiger partial charge in [0.1, 0.15) is 28.9 Å². The molecule has 0 spiro atoms. The molecule has 5 rings (SSSR count). The van der Waals surface area contributed by atoms with Gasteiger partial charge in [0.25, 0.3) is 0 Å². The molecule has 1 fully saturated rings. The second-order valence-corrected chi connectivity index (χ2v) is 7.65. The molecule has 154 valence electrons. The Morgan fingerprint density at radius 2 is 1.83 bits per heavy atom. The van der Waals surface area contributed by atoms with Crippen LogP contribution in [-0.2, 0) is 0 Å². The lowest BCUT2D eigenvalue weighted by Gasteiger charge is -2.41. The van der Waals surface area contributed by atoms with Crippen LogP contribution in [-0.4, -0.2) is 54.8 Å². The predicted octanol–water partition coefficient (Wildman–Crippen LogP) is 3.84. The van der Waals surface area contributed by atoms with Crippen LogP contribution in [0.25, 0.3) is 21.9 Å². The summed E-state index contributed by atoms with van der Waals surface area (Å²) in [6.45, 7) is 4.92. The number of aromatic amines is 1. The van der Waals surface area contributed by atoms with Crippen molar-refractivity contribution in [2.45, 2.75) is 13.0 Å². The first kappa shape index (κ1) is 18.5. The molecule has 2 aromatic carbocycles. The molecular formula is C23H25N5O2. The third kappa shape index (κ3) is 3.07. The zero-order chi connectivity index (χ0) is 20.7.